The highest BCUT2D eigenvalue weighted by molar-refractivity contribution is 5.78. The van der Waals surface area contributed by atoms with E-state index in [1.807, 2.05) is 24.3 Å². The van der Waals surface area contributed by atoms with E-state index in [0.29, 0.717) is 5.92 Å². The third-order valence-electron chi connectivity index (χ3n) is 10.6. The van der Waals surface area contributed by atoms with Crippen molar-refractivity contribution in [2.75, 3.05) is 16.9 Å². The van der Waals surface area contributed by atoms with Crippen molar-refractivity contribution in [3.8, 4) is 5.75 Å². The van der Waals surface area contributed by atoms with E-state index in [0.717, 1.165) is 51.9 Å². The van der Waals surface area contributed by atoms with Crippen LogP contribution in [0.4, 0.5) is 34.1 Å². The predicted octanol–water partition coefficient (Wildman–Crippen LogP) is 13.1. The van der Waals surface area contributed by atoms with Crippen molar-refractivity contribution in [2.24, 2.45) is 5.92 Å². The maximum Gasteiger partial charge on any atom is 0.119 e. The summed E-state index contributed by atoms with van der Waals surface area (Å²) in [5.41, 5.74) is 15.0. The van der Waals surface area contributed by atoms with Crippen molar-refractivity contribution in [2.45, 2.75) is 46.6 Å². The fraction of sp³-hybridized carbons (Fsp3) is 0.176. The largest absolute Gasteiger partial charge is 0.497 e. The van der Waals surface area contributed by atoms with Crippen molar-refractivity contribution >= 4 is 34.1 Å². The van der Waals surface area contributed by atoms with Gasteiger partial charge in [-0.2, -0.15) is 0 Å². The van der Waals surface area contributed by atoms with Crippen LogP contribution in [-0.4, -0.2) is 12.2 Å². The molecule has 2 unspecified atom stereocenters. The van der Waals surface area contributed by atoms with E-state index in [1.165, 1.54) is 33.4 Å². The van der Waals surface area contributed by atoms with Gasteiger partial charge in [0.1, 0.15) is 5.75 Å². The molecule has 0 radical (unpaired) electrons. The number of benzene rings is 7. The standard InChI is InChI=1S/C51H50N2O2/c1-36-6-12-40(13-7-36)34-39(4)51(42-16-26-47(27-17-42)52(44-20-8-37(2)9-21-44)46-24-14-41(35-54)15-25-46)43-18-28-48(29-19-43)53(45-22-10-38(3)11-23-45)49-30-32-50(55-5)33-31-49/h6-33,39,51,54H,34-35H2,1-5H3. The summed E-state index contributed by atoms with van der Waals surface area (Å²) in [6.07, 6.45) is 0.961. The highest BCUT2D eigenvalue weighted by atomic mass is 16.5. The van der Waals surface area contributed by atoms with Crippen molar-refractivity contribution in [1.29, 1.82) is 0 Å². The van der Waals surface area contributed by atoms with E-state index in [9.17, 15) is 5.11 Å². The second kappa shape index (κ2) is 16.9. The summed E-state index contributed by atoms with van der Waals surface area (Å²) in [6.45, 7) is 8.78. The third kappa shape index (κ3) is 8.67. The number of ether oxygens (including phenoxy) is 1. The molecule has 7 aromatic rings. The van der Waals surface area contributed by atoms with Crippen molar-refractivity contribution in [3.63, 3.8) is 0 Å². The van der Waals surface area contributed by atoms with Crippen LogP contribution in [0, 0.1) is 26.7 Å². The van der Waals surface area contributed by atoms with E-state index in [4.69, 9.17) is 4.74 Å². The summed E-state index contributed by atoms with van der Waals surface area (Å²) >= 11 is 0. The number of methoxy groups -OCH3 is 1. The molecule has 0 aliphatic carbocycles. The number of rotatable bonds is 13. The Kier molecular flexibility index (Phi) is 11.5. The zero-order chi connectivity index (χ0) is 38.3. The molecule has 4 heteroatoms. The van der Waals surface area contributed by atoms with Gasteiger partial charge in [-0.05, 0) is 140 Å². The van der Waals surface area contributed by atoms with Gasteiger partial charge in [0, 0.05) is 40.0 Å². The molecule has 2 atom stereocenters. The molecule has 7 rings (SSSR count). The molecule has 0 fully saturated rings. The molecule has 276 valence electrons. The molecule has 0 aliphatic rings. The minimum atomic E-state index is 0.0219. The van der Waals surface area contributed by atoms with Gasteiger partial charge < -0.3 is 19.6 Å². The van der Waals surface area contributed by atoms with E-state index < -0.39 is 0 Å². The molecule has 1 N–H and O–H groups in total. The Hall–Kier alpha value is -6.10. The molecule has 0 spiro atoms. The Labute approximate surface area is 326 Å². The molecule has 7 aromatic carbocycles. The lowest BCUT2D eigenvalue weighted by Gasteiger charge is -2.29. The molecular formula is C51H50N2O2. The first-order valence-corrected chi connectivity index (χ1v) is 19.1. The van der Waals surface area contributed by atoms with Gasteiger partial charge in [-0.1, -0.05) is 109 Å². The van der Waals surface area contributed by atoms with Gasteiger partial charge in [0.2, 0.25) is 0 Å². The van der Waals surface area contributed by atoms with Crippen molar-refractivity contribution < 1.29 is 9.84 Å². The molecule has 0 aliphatic heterocycles. The Morgan fingerprint density at radius 2 is 0.745 bits per heavy atom. The normalized spacial score (nSPS) is 12.2. The zero-order valence-corrected chi connectivity index (χ0v) is 32.5. The topological polar surface area (TPSA) is 35.9 Å². The molecule has 0 aromatic heterocycles. The highest BCUT2D eigenvalue weighted by Gasteiger charge is 2.24. The average molecular weight is 723 g/mol. The summed E-state index contributed by atoms with van der Waals surface area (Å²) in [5.74, 6) is 1.32. The Bertz CT molecular complexity index is 2120. The molecule has 0 saturated heterocycles. The van der Waals surface area contributed by atoms with Crippen LogP contribution in [0.1, 0.15) is 51.8 Å². The van der Waals surface area contributed by atoms with E-state index in [1.54, 1.807) is 7.11 Å². The Morgan fingerprint density at radius 3 is 1.11 bits per heavy atom. The maximum atomic E-state index is 9.71. The number of nitrogens with zero attached hydrogens (tertiary/aromatic N) is 2. The van der Waals surface area contributed by atoms with E-state index >= 15 is 0 Å². The minimum absolute atomic E-state index is 0.0219. The number of aliphatic hydroxyl groups is 1. The van der Waals surface area contributed by atoms with Crippen LogP contribution in [0.2, 0.25) is 0 Å². The van der Waals surface area contributed by atoms with Crippen LogP contribution in [0.25, 0.3) is 0 Å². The average Bonchev–Trinajstić information content (AvgIpc) is 3.22. The number of aryl methyl sites for hydroxylation is 3. The first kappa shape index (κ1) is 37.2. The summed E-state index contributed by atoms with van der Waals surface area (Å²) in [6, 6.07) is 61.0. The van der Waals surface area contributed by atoms with Gasteiger partial charge in [0.25, 0.3) is 0 Å². The van der Waals surface area contributed by atoms with Crippen molar-refractivity contribution in [1.82, 2.24) is 0 Å². The summed E-state index contributed by atoms with van der Waals surface area (Å²) in [7, 11) is 1.70. The summed E-state index contributed by atoms with van der Waals surface area (Å²) in [5, 5.41) is 9.71. The van der Waals surface area contributed by atoms with Crippen LogP contribution >= 0.6 is 0 Å². The van der Waals surface area contributed by atoms with Crippen LogP contribution in [-0.2, 0) is 13.0 Å². The second-order valence-electron chi connectivity index (χ2n) is 14.7. The number of anilines is 6. The summed E-state index contributed by atoms with van der Waals surface area (Å²) < 4.78 is 5.48. The SMILES string of the molecule is COc1ccc(N(c2ccc(C)cc2)c2ccc(C(c3ccc(N(c4ccc(C)cc4)c4ccc(CO)cc4)cc3)C(C)Cc3ccc(C)cc3)cc2)cc1. The minimum Gasteiger partial charge on any atom is -0.497 e. The van der Waals surface area contributed by atoms with E-state index in [2.05, 4.69) is 183 Å². The van der Waals surface area contributed by atoms with Crippen LogP contribution in [0.15, 0.2) is 170 Å². The lowest BCUT2D eigenvalue weighted by molar-refractivity contribution is 0.282. The number of aliphatic hydroxyl groups excluding tert-OH is 1. The van der Waals surface area contributed by atoms with Gasteiger partial charge in [0.15, 0.2) is 0 Å². The monoisotopic (exact) mass is 722 g/mol. The maximum absolute atomic E-state index is 9.71. The molecule has 4 nitrogen and oxygen atoms in total. The quantitative estimate of drug-likeness (QED) is 0.129. The summed E-state index contributed by atoms with van der Waals surface area (Å²) in [4.78, 5) is 4.58. The van der Waals surface area contributed by atoms with Gasteiger partial charge in [0.05, 0.1) is 13.7 Å². The first-order chi connectivity index (χ1) is 26.8. The number of hydrogen-bond acceptors (Lipinski definition) is 4. The molecule has 0 heterocycles. The fourth-order valence-electron chi connectivity index (χ4n) is 7.49. The molecule has 0 bridgehead atoms. The Balaban J connectivity index is 1.26. The molecule has 55 heavy (non-hydrogen) atoms. The smallest absolute Gasteiger partial charge is 0.119 e. The molecule has 0 saturated carbocycles. The van der Waals surface area contributed by atoms with Gasteiger partial charge >= 0.3 is 0 Å². The van der Waals surface area contributed by atoms with Crippen LogP contribution < -0.4 is 14.5 Å². The van der Waals surface area contributed by atoms with Gasteiger partial charge in [-0.3, -0.25) is 0 Å². The lowest BCUT2D eigenvalue weighted by Crippen LogP contribution is -2.16. The van der Waals surface area contributed by atoms with Gasteiger partial charge in [-0.25, -0.2) is 0 Å². The zero-order valence-electron chi connectivity index (χ0n) is 32.5. The molecule has 0 amide bonds. The van der Waals surface area contributed by atoms with Crippen LogP contribution in [0.3, 0.4) is 0 Å². The lowest BCUT2D eigenvalue weighted by atomic mass is 9.78. The number of hydrogen-bond donors (Lipinski definition) is 1. The fourth-order valence-corrected chi connectivity index (χ4v) is 7.49. The second-order valence-corrected chi connectivity index (χ2v) is 14.7. The van der Waals surface area contributed by atoms with E-state index in [-0.39, 0.29) is 12.5 Å². The highest BCUT2D eigenvalue weighted by Crippen LogP contribution is 2.41. The third-order valence-corrected chi connectivity index (χ3v) is 10.6. The predicted molar refractivity (Wildman–Crippen MR) is 230 cm³/mol. The van der Waals surface area contributed by atoms with Crippen molar-refractivity contribution in [3.05, 3.63) is 209 Å². The Morgan fingerprint density at radius 1 is 0.436 bits per heavy atom. The van der Waals surface area contributed by atoms with Crippen LogP contribution in [0.5, 0.6) is 5.75 Å². The van der Waals surface area contributed by atoms with Gasteiger partial charge in [-0.15, -0.1) is 0 Å². The molecular weight excluding hydrogens is 673 g/mol. The first-order valence-electron chi connectivity index (χ1n) is 19.1.